The Morgan fingerprint density at radius 3 is 2.31 bits per heavy atom. The second-order valence-corrected chi connectivity index (χ2v) is 5.88. The van der Waals surface area contributed by atoms with E-state index in [-0.39, 0.29) is 5.96 Å². The van der Waals surface area contributed by atoms with E-state index in [1.165, 1.54) is 38.0 Å². The molecule has 13 heteroatoms. The van der Waals surface area contributed by atoms with Crippen molar-refractivity contribution in [1.29, 1.82) is 0 Å². The summed E-state index contributed by atoms with van der Waals surface area (Å²) in [6, 6.07) is -1.38. The lowest BCUT2D eigenvalue weighted by Gasteiger charge is -2.34. The number of imide groups is 1. The van der Waals surface area contributed by atoms with Crippen LogP contribution in [-0.2, 0) is 18.9 Å². The Morgan fingerprint density at radius 1 is 1.00 bits per heavy atom. The fourth-order valence-electron chi connectivity index (χ4n) is 2.70. The number of fused-ring (bicyclic) bond motifs is 1. The smallest absolute Gasteiger partial charge is 0.333 e. The normalized spacial score (nSPS) is 22.7. The lowest BCUT2D eigenvalue weighted by atomic mass is 10.1. The first-order valence-electron chi connectivity index (χ1n) is 7.44. The van der Waals surface area contributed by atoms with Gasteiger partial charge in [-0.25, -0.2) is 14.6 Å². The molecule has 2 aliphatic heterocycles. The predicted molar refractivity (Wildman–Crippen MR) is 87.2 cm³/mol. The van der Waals surface area contributed by atoms with Crippen molar-refractivity contribution >= 4 is 23.6 Å². The third-order valence-corrected chi connectivity index (χ3v) is 4.33. The van der Waals surface area contributed by atoms with Crippen molar-refractivity contribution in [2.24, 2.45) is 29.3 Å². The molecule has 138 valence electrons. The summed E-state index contributed by atoms with van der Waals surface area (Å²) < 4.78 is 1.61. The van der Waals surface area contributed by atoms with Gasteiger partial charge in [0.25, 0.3) is 11.5 Å². The van der Waals surface area contributed by atoms with Gasteiger partial charge in [-0.2, -0.15) is 0 Å². The average Bonchev–Trinajstić information content (AvgIpc) is 2.93. The Hall–Kier alpha value is -3.51. The van der Waals surface area contributed by atoms with Crippen LogP contribution in [0.3, 0.4) is 0 Å². The number of aliphatic imine (C=N–C) groups is 1. The molecule has 2 unspecified atom stereocenters. The number of aromatic hydroxyl groups is 1. The van der Waals surface area contributed by atoms with Crippen LogP contribution in [0.5, 0.6) is 5.88 Å². The highest BCUT2D eigenvalue weighted by atomic mass is 16.3. The highest BCUT2D eigenvalue weighted by Crippen LogP contribution is 2.24. The van der Waals surface area contributed by atoms with Gasteiger partial charge in [-0.1, -0.05) is 0 Å². The Balaban J connectivity index is 2.00. The van der Waals surface area contributed by atoms with Crippen LogP contribution >= 0.6 is 0 Å². The van der Waals surface area contributed by atoms with Crippen LogP contribution in [0.25, 0.3) is 0 Å². The lowest BCUT2D eigenvalue weighted by Crippen LogP contribution is -2.63. The number of hydrogen-bond donors (Lipinski definition) is 2. The van der Waals surface area contributed by atoms with Gasteiger partial charge in [-0.3, -0.25) is 24.0 Å². The van der Waals surface area contributed by atoms with Crippen LogP contribution in [0, 0.1) is 0 Å². The van der Waals surface area contributed by atoms with Crippen LogP contribution in [0.4, 0.5) is 10.5 Å². The number of guanidine groups is 1. The maximum absolute atomic E-state index is 12.1. The van der Waals surface area contributed by atoms with E-state index in [0.717, 1.165) is 9.13 Å². The number of nitrogens with zero attached hydrogens (tertiary/aromatic N) is 7. The number of carbonyl (C=O) groups excluding carboxylic acids is 2. The number of azo groups is 1. The molecular weight excluding hydrogens is 348 g/mol. The van der Waals surface area contributed by atoms with Crippen molar-refractivity contribution in [1.82, 2.24) is 24.3 Å². The fraction of sp³-hybridized carbons (Fsp3) is 0.462. The summed E-state index contributed by atoms with van der Waals surface area (Å²) in [5.41, 5.74) is -2.00. The summed E-state index contributed by atoms with van der Waals surface area (Å²) in [5.74, 6) is -1.19. The maximum atomic E-state index is 12.1. The molecule has 0 aromatic carbocycles. The lowest BCUT2D eigenvalue weighted by molar-refractivity contribution is -0.126. The van der Waals surface area contributed by atoms with Gasteiger partial charge in [0.1, 0.15) is 0 Å². The maximum Gasteiger partial charge on any atom is 0.333 e. The van der Waals surface area contributed by atoms with Gasteiger partial charge in [0.2, 0.25) is 17.5 Å². The minimum Gasteiger partial charge on any atom is -0.493 e. The quantitative estimate of drug-likeness (QED) is 0.552. The topological polar surface area (TPSA) is 154 Å². The third-order valence-electron chi connectivity index (χ3n) is 4.33. The molecule has 0 bridgehead atoms. The van der Waals surface area contributed by atoms with Crippen LogP contribution in [0.15, 0.2) is 24.8 Å². The molecule has 0 aliphatic carbocycles. The number of rotatable bonds is 1. The van der Waals surface area contributed by atoms with Gasteiger partial charge in [-0.15, -0.1) is 10.2 Å². The molecule has 0 radical (unpaired) electrons. The number of carbonyl (C=O) groups is 2. The third kappa shape index (κ3) is 2.35. The number of hydrogen-bond acceptors (Lipinski definition) is 9. The average molecular weight is 364 g/mol. The fourth-order valence-corrected chi connectivity index (χ4v) is 2.70. The van der Waals surface area contributed by atoms with E-state index in [4.69, 9.17) is 0 Å². The number of nitrogens with one attached hydrogen (secondary N) is 1. The molecule has 3 rings (SSSR count). The van der Waals surface area contributed by atoms with Crippen molar-refractivity contribution in [2.75, 3.05) is 14.1 Å². The first kappa shape index (κ1) is 17.3. The van der Waals surface area contributed by atoms with E-state index in [1.54, 1.807) is 0 Å². The van der Waals surface area contributed by atoms with Crippen molar-refractivity contribution in [2.45, 2.75) is 12.2 Å². The van der Waals surface area contributed by atoms with Crippen molar-refractivity contribution < 1.29 is 14.7 Å². The number of likely N-dealkylation sites (N-methyl/N-ethyl adjacent to an activating group) is 2. The molecule has 3 heterocycles. The Bertz CT molecular complexity index is 989. The molecule has 2 N–H and O–H groups in total. The van der Waals surface area contributed by atoms with E-state index >= 15 is 0 Å². The standard InChI is InChI=1S/C13H16N8O5/c1-18-6-7(19(2)12(25)15-8(6)22)14-11(18)17-16-5-9(23)20(3)13(26)21(4)10(5)24/h6-7,23H,1-4H3,(H,15,22,25). The molecule has 3 amide bonds. The van der Waals surface area contributed by atoms with Crippen LogP contribution in [0.1, 0.15) is 0 Å². The monoisotopic (exact) mass is 364 g/mol. The van der Waals surface area contributed by atoms with Gasteiger partial charge in [0.15, 0.2) is 12.2 Å². The molecule has 1 fully saturated rings. The van der Waals surface area contributed by atoms with Gasteiger partial charge >= 0.3 is 11.7 Å². The molecule has 1 aromatic rings. The zero-order chi connectivity index (χ0) is 19.3. The summed E-state index contributed by atoms with van der Waals surface area (Å²) in [5, 5.41) is 19.7. The molecule has 1 aromatic heterocycles. The van der Waals surface area contributed by atoms with Crippen LogP contribution in [-0.4, -0.2) is 68.2 Å². The Morgan fingerprint density at radius 2 is 1.65 bits per heavy atom. The van der Waals surface area contributed by atoms with Gasteiger partial charge in [0, 0.05) is 28.2 Å². The number of amides is 3. The van der Waals surface area contributed by atoms with Crippen molar-refractivity contribution in [3.8, 4) is 5.88 Å². The largest absolute Gasteiger partial charge is 0.493 e. The summed E-state index contributed by atoms with van der Waals surface area (Å²) in [6.45, 7) is 0. The van der Waals surface area contributed by atoms with E-state index < -0.39 is 47.0 Å². The van der Waals surface area contributed by atoms with Crippen molar-refractivity contribution in [3.63, 3.8) is 0 Å². The molecule has 0 spiro atoms. The van der Waals surface area contributed by atoms with E-state index in [9.17, 15) is 24.3 Å². The summed E-state index contributed by atoms with van der Waals surface area (Å²) in [7, 11) is 5.52. The first-order valence-corrected chi connectivity index (χ1v) is 7.44. The summed E-state index contributed by atoms with van der Waals surface area (Å²) in [6.07, 6.45) is -0.785. The number of aromatic nitrogens is 2. The minimum atomic E-state index is -0.835. The van der Waals surface area contributed by atoms with Gasteiger partial charge in [0.05, 0.1) is 0 Å². The SMILES string of the molecule is CN1C(=O)NC(=O)C2C1N=C(N=Nc1c(O)n(C)c(=O)n(C)c1=O)N2C. The van der Waals surface area contributed by atoms with Gasteiger partial charge in [-0.05, 0) is 0 Å². The van der Waals surface area contributed by atoms with Crippen molar-refractivity contribution in [3.05, 3.63) is 20.8 Å². The van der Waals surface area contributed by atoms with E-state index in [0.29, 0.717) is 0 Å². The van der Waals surface area contributed by atoms with Gasteiger partial charge < -0.3 is 14.9 Å². The van der Waals surface area contributed by atoms with E-state index in [2.05, 4.69) is 20.5 Å². The zero-order valence-corrected chi connectivity index (χ0v) is 14.4. The number of urea groups is 1. The second-order valence-electron chi connectivity index (χ2n) is 5.88. The summed E-state index contributed by atoms with van der Waals surface area (Å²) in [4.78, 5) is 54.4. The molecule has 0 saturated carbocycles. The molecular formula is C13H16N8O5. The van der Waals surface area contributed by atoms with Crippen LogP contribution < -0.4 is 16.6 Å². The molecule has 2 aliphatic rings. The molecule has 26 heavy (non-hydrogen) atoms. The molecule has 1 saturated heterocycles. The Kier molecular flexibility index (Phi) is 3.85. The zero-order valence-electron chi connectivity index (χ0n) is 14.4. The summed E-state index contributed by atoms with van der Waals surface area (Å²) >= 11 is 0. The first-order chi connectivity index (χ1) is 12.1. The molecule has 2 atom stereocenters. The van der Waals surface area contributed by atoms with Crippen LogP contribution in [0.2, 0.25) is 0 Å². The second kappa shape index (κ2) is 5.79. The Labute approximate surface area is 145 Å². The minimum absolute atomic E-state index is 0.00740. The highest BCUT2D eigenvalue weighted by Gasteiger charge is 2.47. The highest BCUT2D eigenvalue weighted by molar-refractivity contribution is 6.03. The molecule has 13 nitrogen and oxygen atoms in total. The van der Waals surface area contributed by atoms with E-state index in [1.807, 2.05) is 0 Å². The predicted octanol–water partition coefficient (Wildman–Crippen LogP) is -1.95.